The second kappa shape index (κ2) is 7.73. The zero-order valence-corrected chi connectivity index (χ0v) is 13.5. The average molecular weight is 384 g/mol. The zero-order valence-electron chi connectivity index (χ0n) is 11.9. The molecule has 2 amide bonds. The van der Waals surface area contributed by atoms with Crippen LogP contribution in [0.2, 0.25) is 0 Å². The van der Waals surface area contributed by atoms with Crippen LogP contribution in [-0.2, 0) is 14.4 Å². The highest BCUT2D eigenvalue weighted by Crippen LogP contribution is 2.21. The number of carboxylic acids is 1. The summed E-state index contributed by atoms with van der Waals surface area (Å²) in [6, 6.07) is 4.96. The lowest BCUT2D eigenvalue weighted by Crippen LogP contribution is -2.38. The van der Waals surface area contributed by atoms with Gasteiger partial charge in [0.2, 0.25) is 0 Å². The van der Waals surface area contributed by atoms with Crippen LogP contribution in [0.5, 0.6) is 5.75 Å². The predicted molar refractivity (Wildman–Crippen MR) is 84.2 cm³/mol. The van der Waals surface area contributed by atoms with E-state index in [0.29, 0.717) is 5.56 Å². The van der Waals surface area contributed by atoms with Gasteiger partial charge in [0.1, 0.15) is 5.75 Å². The van der Waals surface area contributed by atoms with E-state index in [0.717, 1.165) is 17.3 Å². The molecule has 0 saturated heterocycles. The summed E-state index contributed by atoms with van der Waals surface area (Å²) in [6.45, 7) is -0.501. The summed E-state index contributed by atoms with van der Waals surface area (Å²) in [6.07, 6.45) is 3.03. The Balaban J connectivity index is 1.96. The molecule has 23 heavy (non-hydrogen) atoms. The average Bonchev–Trinajstić information content (AvgIpc) is 3.30. The van der Waals surface area contributed by atoms with E-state index in [1.165, 1.54) is 6.21 Å². The topological polar surface area (TPSA) is 117 Å². The van der Waals surface area contributed by atoms with Crippen molar-refractivity contribution in [2.24, 2.45) is 5.10 Å². The van der Waals surface area contributed by atoms with E-state index < -0.39 is 24.4 Å². The number of ether oxygens (including phenoxy) is 1. The van der Waals surface area contributed by atoms with Gasteiger partial charge < -0.3 is 15.2 Å². The van der Waals surface area contributed by atoms with Crippen molar-refractivity contribution in [2.45, 2.75) is 18.9 Å². The third kappa shape index (κ3) is 5.70. The van der Waals surface area contributed by atoms with Crippen LogP contribution >= 0.6 is 15.9 Å². The minimum absolute atomic E-state index is 0.0818. The minimum Gasteiger partial charge on any atom is -0.481 e. The van der Waals surface area contributed by atoms with E-state index in [1.54, 1.807) is 18.2 Å². The van der Waals surface area contributed by atoms with Gasteiger partial charge in [-0.2, -0.15) is 5.10 Å². The summed E-state index contributed by atoms with van der Waals surface area (Å²) < 4.78 is 5.84. The van der Waals surface area contributed by atoms with Crippen molar-refractivity contribution in [3.05, 3.63) is 28.2 Å². The monoisotopic (exact) mass is 383 g/mol. The van der Waals surface area contributed by atoms with Gasteiger partial charge >= 0.3 is 17.8 Å². The van der Waals surface area contributed by atoms with Crippen molar-refractivity contribution >= 4 is 39.9 Å². The maximum Gasteiger partial charge on any atom is 0.341 e. The van der Waals surface area contributed by atoms with Crippen molar-refractivity contribution in [2.75, 3.05) is 6.61 Å². The number of aliphatic carboxylic acids is 1. The molecule has 0 unspecified atom stereocenters. The number of nitrogens with one attached hydrogen (secondary N) is 2. The van der Waals surface area contributed by atoms with Gasteiger partial charge in [0.05, 0.1) is 6.21 Å². The smallest absolute Gasteiger partial charge is 0.341 e. The van der Waals surface area contributed by atoms with Gasteiger partial charge in [0.15, 0.2) is 6.61 Å². The number of carbonyl (C=O) groups is 3. The molecule has 0 aliphatic heterocycles. The van der Waals surface area contributed by atoms with E-state index in [9.17, 15) is 14.4 Å². The van der Waals surface area contributed by atoms with Crippen molar-refractivity contribution < 1.29 is 24.2 Å². The number of halogens is 1. The Kier molecular flexibility index (Phi) is 5.69. The highest BCUT2D eigenvalue weighted by molar-refractivity contribution is 9.10. The van der Waals surface area contributed by atoms with Gasteiger partial charge in [-0.25, -0.2) is 10.2 Å². The van der Waals surface area contributed by atoms with Crippen molar-refractivity contribution in [1.29, 1.82) is 0 Å². The Morgan fingerprint density at radius 1 is 1.35 bits per heavy atom. The van der Waals surface area contributed by atoms with E-state index >= 15 is 0 Å². The van der Waals surface area contributed by atoms with Gasteiger partial charge in [-0.05, 0) is 31.0 Å². The molecule has 0 bridgehead atoms. The molecule has 1 saturated carbocycles. The van der Waals surface area contributed by atoms with Crippen LogP contribution < -0.4 is 15.5 Å². The summed E-state index contributed by atoms with van der Waals surface area (Å²) in [7, 11) is 0. The molecule has 1 aliphatic carbocycles. The van der Waals surface area contributed by atoms with Gasteiger partial charge in [-0.15, -0.1) is 0 Å². The SMILES string of the molecule is O=C(O)COc1ccc(Br)cc1/C=N\NC(=O)C(=O)NC1CC1. The maximum atomic E-state index is 11.5. The number of hydrazone groups is 1. The Morgan fingerprint density at radius 2 is 2.09 bits per heavy atom. The quantitative estimate of drug-likeness (QED) is 0.378. The summed E-state index contributed by atoms with van der Waals surface area (Å²) >= 11 is 3.27. The Morgan fingerprint density at radius 3 is 2.74 bits per heavy atom. The van der Waals surface area contributed by atoms with Crippen LogP contribution in [0, 0.1) is 0 Å². The molecule has 0 atom stereocenters. The van der Waals surface area contributed by atoms with E-state index in [1.807, 2.05) is 0 Å². The number of hydrogen-bond donors (Lipinski definition) is 3. The first kappa shape index (κ1) is 16.9. The predicted octanol–water partition coefficient (Wildman–Crippen LogP) is 0.641. The Hall–Kier alpha value is -2.42. The Bertz CT molecular complexity index is 658. The molecule has 1 fully saturated rings. The molecular formula is C14H14BrN3O5. The molecule has 2 rings (SSSR count). The van der Waals surface area contributed by atoms with E-state index in [2.05, 4.69) is 31.8 Å². The second-order valence-corrected chi connectivity index (χ2v) is 5.73. The molecule has 9 heteroatoms. The summed E-state index contributed by atoms with van der Waals surface area (Å²) in [4.78, 5) is 33.5. The standard InChI is InChI=1S/C14H14BrN3O5/c15-9-1-4-11(23-7-12(19)20)8(5-9)6-16-18-14(22)13(21)17-10-2-3-10/h1,4-6,10H,2-3,7H2,(H,17,21)(H,18,22)(H,19,20)/b16-6-. The van der Waals surface area contributed by atoms with Crippen LogP contribution in [0.4, 0.5) is 0 Å². The largest absolute Gasteiger partial charge is 0.481 e. The van der Waals surface area contributed by atoms with Crippen molar-refractivity contribution in [3.8, 4) is 5.75 Å². The van der Waals surface area contributed by atoms with Gasteiger partial charge in [-0.3, -0.25) is 9.59 Å². The molecule has 0 spiro atoms. The van der Waals surface area contributed by atoms with Crippen LogP contribution in [-0.4, -0.2) is 41.8 Å². The molecule has 0 radical (unpaired) electrons. The van der Waals surface area contributed by atoms with Crippen LogP contribution in [0.15, 0.2) is 27.8 Å². The first-order valence-corrected chi connectivity index (χ1v) is 7.53. The first-order valence-electron chi connectivity index (χ1n) is 6.74. The van der Waals surface area contributed by atoms with Gasteiger partial charge in [0, 0.05) is 16.1 Å². The lowest BCUT2D eigenvalue weighted by atomic mass is 10.2. The Labute approximate surface area is 140 Å². The van der Waals surface area contributed by atoms with Crippen molar-refractivity contribution in [1.82, 2.24) is 10.7 Å². The molecule has 1 aliphatic rings. The molecule has 1 aromatic rings. The molecule has 0 heterocycles. The second-order valence-electron chi connectivity index (χ2n) is 4.81. The van der Waals surface area contributed by atoms with E-state index in [4.69, 9.17) is 9.84 Å². The number of carbonyl (C=O) groups excluding carboxylic acids is 2. The highest BCUT2D eigenvalue weighted by atomic mass is 79.9. The number of benzene rings is 1. The van der Waals surface area contributed by atoms with Gasteiger partial charge in [-0.1, -0.05) is 15.9 Å². The molecule has 3 N–H and O–H groups in total. The fraction of sp³-hybridized carbons (Fsp3) is 0.286. The van der Waals surface area contributed by atoms with Crippen LogP contribution in [0.1, 0.15) is 18.4 Å². The normalized spacial score (nSPS) is 13.6. The molecule has 122 valence electrons. The fourth-order valence-electron chi connectivity index (χ4n) is 1.58. The number of rotatable bonds is 6. The highest BCUT2D eigenvalue weighted by Gasteiger charge is 2.26. The van der Waals surface area contributed by atoms with Crippen LogP contribution in [0.3, 0.4) is 0 Å². The number of nitrogens with zero attached hydrogens (tertiary/aromatic N) is 1. The molecule has 0 aromatic heterocycles. The zero-order chi connectivity index (χ0) is 16.8. The summed E-state index contributed by atoms with van der Waals surface area (Å²) in [5.74, 6) is -2.42. The van der Waals surface area contributed by atoms with Crippen molar-refractivity contribution in [3.63, 3.8) is 0 Å². The van der Waals surface area contributed by atoms with Crippen LogP contribution in [0.25, 0.3) is 0 Å². The fourth-order valence-corrected chi connectivity index (χ4v) is 1.96. The minimum atomic E-state index is -1.11. The number of hydrogen-bond acceptors (Lipinski definition) is 5. The lowest BCUT2D eigenvalue weighted by molar-refractivity contribution is -0.139. The maximum absolute atomic E-state index is 11.5. The molecule has 1 aromatic carbocycles. The van der Waals surface area contributed by atoms with E-state index in [-0.39, 0.29) is 11.8 Å². The number of carboxylic acid groups (broad SMARTS) is 1. The summed E-state index contributed by atoms with van der Waals surface area (Å²) in [5.41, 5.74) is 2.55. The number of amides is 2. The summed E-state index contributed by atoms with van der Waals surface area (Å²) in [5, 5.41) is 14.9. The first-order chi connectivity index (χ1) is 11.0. The third-order valence-corrected chi connectivity index (χ3v) is 3.30. The van der Waals surface area contributed by atoms with Gasteiger partial charge in [0.25, 0.3) is 0 Å². The molecule has 8 nitrogen and oxygen atoms in total. The lowest BCUT2D eigenvalue weighted by Gasteiger charge is -2.07. The molecular weight excluding hydrogens is 370 g/mol. The third-order valence-electron chi connectivity index (χ3n) is 2.81.